The minimum Gasteiger partial charge on any atom is -0.334 e. The van der Waals surface area contributed by atoms with E-state index < -0.39 is 0 Å². The first-order valence-electron chi connectivity index (χ1n) is 6.28. The van der Waals surface area contributed by atoms with Crippen LogP contribution in [0.4, 0.5) is 4.39 Å². The Balaban J connectivity index is 1.80. The van der Waals surface area contributed by atoms with Gasteiger partial charge < -0.3 is 4.90 Å². The number of rotatable bonds is 3. The van der Waals surface area contributed by atoms with Crippen molar-refractivity contribution in [3.63, 3.8) is 0 Å². The van der Waals surface area contributed by atoms with Crippen LogP contribution in [0.15, 0.2) is 24.3 Å². The van der Waals surface area contributed by atoms with E-state index in [0.717, 1.165) is 25.8 Å². The number of amides is 1. The first kappa shape index (κ1) is 12.0. The van der Waals surface area contributed by atoms with Crippen molar-refractivity contribution in [3.8, 4) is 0 Å². The SMILES string of the molecule is CSC1(C(=O)N2CCC2c2ccccc2F)CC1. The van der Waals surface area contributed by atoms with Gasteiger partial charge in [-0.1, -0.05) is 18.2 Å². The summed E-state index contributed by atoms with van der Waals surface area (Å²) in [4.78, 5) is 14.3. The summed E-state index contributed by atoms with van der Waals surface area (Å²) >= 11 is 1.64. The van der Waals surface area contributed by atoms with Gasteiger partial charge in [-0.3, -0.25) is 4.79 Å². The van der Waals surface area contributed by atoms with Crippen LogP contribution in [0, 0.1) is 5.82 Å². The van der Waals surface area contributed by atoms with Crippen molar-refractivity contribution in [3.05, 3.63) is 35.6 Å². The number of halogens is 1. The second kappa shape index (κ2) is 4.26. The zero-order valence-corrected chi connectivity index (χ0v) is 11.2. The number of carbonyl (C=O) groups excluding carboxylic acids is 1. The molecule has 2 aliphatic rings. The molecule has 1 atom stereocenters. The third-order valence-corrected chi connectivity index (χ3v) is 5.39. The van der Waals surface area contributed by atoms with Crippen molar-refractivity contribution in [2.75, 3.05) is 12.8 Å². The lowest BCUT2D eigenvalue weighted by atomic mass is 9.93. The van der Waals surface area contributed by atoms with E-state index >= 15 is 0 Å². The zero-order valence-electron chi connectivity index (χ0n) is 10.4. The molecule has 3 rings (SSSR count). The number of nitrogens with zero attached hydrogens (tertiary/aromatic N) is 1. The van der Waals surface area contributed by atoms with E-state index in [1.165, 1.54) is 6.07 Å². The fraction of sp³-hybridized carbons (Fsp3) is 0.500. The molecule has 1 aromatic rings. The van der Waals surface area contributed by atoms with Crippen LogP contribution in [0.2, 0.25) is 0 Å². The van der Waals surface area contributed by atoms with Crippen LogP contribution in [0.25, 0.3) is 0 Å². The molecule has 0 aromatic heterocycles. The molecule has 0 radical (unpaired) electrons. The van der Waals surface area contributed by atoms with Crippen LogP contribution in [0.1, 0.15) is 30.9 Å². The summed E-state index contributed by atoms with van der Waals surface area (Å²) in [6.07, 6.45) is 4.79. The van der Waals surface area contributed by atoms with Gasteiger partial charge in [-0.05, 0) is 31.6 Å². The molecule has 1 saturated carbocycles. The molecular weight excluding hydrogens is 249 g/mol. The zero-order chi connectivity index (χ0) is 12.8. The van der Waals surface area contributed by atoms with Crippen LogP contribution in [-0.4, -0.2) is 28.4 Å². The first-order valence-corrected chi connectivity index (χ1v) is 7.51. The van der Waals surface area contributed by atoms with Gasteiger partial charge in [-0.15, -0.1) is 11.8 Å². The molecule has 1 aliphatic carbocycles. The molecule has 1 saturated heterocycles. The average Bonchev–Trinajstić information content (AvgIpc) is 3.11. The highest BCUT2D eigenvalue weighted by Gasteiger charge is 2.54. The summed E-state index contributed by atoms with van der Waals surface area (Å²) in [7, 11) is 0. The molecule has 1 aliphatic heterocycles. The third kappa shape index (κ3) is 1.74. The van der Waals surface area contributed by atoms with Crippen molar-refractivity contribution in [1.29, 1.82) is 0 Å². The van der Waals surface area contributed by atoms with E-state index in [2.05, 4.69) is 0 Å². The summed E-state index contributed by atoms with van der Waals surface area (Å²) in [6, 6.07) is 6.73. The Morgan fingerprint density at radius 1 is 1.44 bits per heavy atom. The molecule has 0 bridgehead atoms. The monoisotopic (exact) mass is 265 g/mol. The Labute approximate surface area is 111 Å². The molecule has 96 valence electrons. The Kier molecular flexibility index (Phi) is 2.85. The van der Waals surface area contributed by atoms with Gasteiger partial charge in [0.2, 0.25) is 5.91 Å². The molecule has 0 spiro atoms. The van der Waals surface area contributed by atoms with E-state index in [1.807, 2.05) is 17.2 Å². The topological polar surface area (TPSA) is 20.3 Å². The Bertz CT molecular complexity index is 486. The van der Waals surface area contributed by atoms with Gasteiger partial charge in [-0.2, -0.15) is 0 Å². The van der Waals surface area contributed by atoms with Gasteiger partial charge in [-0.25, -0.2) is 4.39 Å². The van der Waals surface area contributed by atoms with Crippen molar-refractivity contribution < 1.29 is 9.18 Å². The van der Waals surface area contributed by atoms with Gasteiger partial charge in [0, 0.05) is 12.1 Å². The van der Waals surface area contributed by atoms with Gasteiger partial charge in [0.15, 0.2) is 0 Å². The third-order valence-electron chi connectivity index (χ3n) is 4.03. The highest BCUT2D eigenvalue weighted by molar-refractivity contribution is 8.01. The van der Waals surface area contributed by atoms with Crippen LogP contribution in [-0.2, 0) is 4.79 Å². The molecule has 18 heavy (non-hydrogen) atoms. The average molecular weight is 265 g/mol. The highest BCUT2D eigenvalue weighted by atomic mass is 32.2. The lowest BCUT2D eigenvalue weighted by Crippen LogP contribution is -2.49. The summed E-state index contributed by atoms with van der Waals surface area (Å²) in [6.45, 7) is 0.764. The van der Waals surface area contributed by atoms with Gasteiger partial charge in [0.05, 0.1) is 10.8 Å². The predicted octanol–water partition coefficient (Wildman–Crippen LogP) is 2.99. The second-order valence-electron chi connectivity index (χ2n) is 5.02. The smallest absolute Gasteiger partial charge is 0.239 e. The van der Waals surface area contributed by atoms with Gasteiger partial charge in [0.25, 0.3) is 0 Å². The predicted molar refractivity (Wildman–Crippen MR) is 71.0 cm³/mol. The standard InChI is InChI=1S/C14H16FNOS/c1-18-14(7-8-14)13(17)16-9-6-12(16)10-4-2-3-5-11(10)15/h2-5,12H,6-9H2,1H3. The number of hydrogen-bond donors (Lipinski definition) is 0. The van der Waals surface area contributed by atoms with E-state index in [-0.39, 0.29) is 22.5 Å². The Morgan fingerprint density at radius 3 is 2.67 bits per heavy atom. The highest BCUT2D eigenvalue weighted by Crippen LogP contribution is 2.51. The molecule has 0 N–H and O–H groups in total. The minimum absolute atomic E-state index is 0.0525. The number of hydrogen-bond acceptors (Lipinski definition) is 2. The summed E-state index contributed by atoms with van der Waals surface area (Å²) in [5.41, 5.74) is 0.661. The molecule has 2 fully saturated rings. The van der Waals surface area contributed by atoms with Crippen LogP contribution < -0.4 is 0 Å². The number of carbonyl (C=O) groups is 1. The maximum Gasteiger partial charge on any atom is 0.239 e. The second-order valence-corrected chi connectivity index (χ2v) is 6.21. The number of benzene rings is 1. The van der Waals surface area contributed by atoms with E-state index in [9.17, 15) is 9.18 Å². The molecule has 1 amide bonds. The quantitative estimate of drug-likeness (QED) is 0.837. The van der Waals surface area contributed by atoms with Gasteiger partial charge >= 0.3 is 0 Å². The first-order chi connectivity index (χ1) is 8.68. The van der Waals surface area contributed by atoms with Crippen molar-refractivity contribution >= 4 is 17.7 Å². The molecule has 1 unspecified atom stereocenters. The molecule has 2 nitrogen and oxygen atoms in total. The van der Waals surface area contributed by atoms with Crippen LogP contribution in [0.3, 0.4) is 0 Å². The van der Waals surface area contributed by atoms with Crippen LogP contribution >= 0.6 is 11.8 Å². The van der Waals surface area contributed by atoms with E-state index in [0.29, 0.717) is 5.56 Å². The fourth-order valence-electron chi connectivity index (χ4n) is 2.58. The minimum atomic E-state index is -0.200. The molecule has 1 aromatic carbocycles. The van der Waals surface area contributed by atoms with Gasteiger partial charge in [0.1, 0.15) is 5.82 Å². The van der Waals surface area contributed by atoms with Crippen molar-refractivity contribution in [2.24, 2.45) is 0 Å². The molecule has 1 heterocycles. The Morgan fingerprint density at radius 2 is 2.17 bits per heavy atom. The summed E-state index contributed by atoms with van der Waals surface area (Å²) in [5.74, 6) is 0.00324. The largest absolute Gasteiger partial charge is 0.334 e. The molecular formula is C14H16FNOS. The summed E-state index contributed by atoms with van der Waals surface area (Å²) < 4.78 is 13.6. The van der Waals surface area contributed by atoms with Crippen LogP contribution in [0.5, 0.6) is 0 Å². The van der Waals surface area contributed by atoms with Crippen molar-refractivity contribution in [2.45, 2.75) is 30.1 Å². The number of thioether (sulfide) groups is 1. The maximum absolute atomic E-state index is 13.7. The van der Waals surface area contributed by atoms with Crippen molar-refractivity contribution in [1.82, 2.24) is 4.90 Å². The number of likely N-dealkylation sites (tertiary alicyclic amines) is 1. The summed E-state index contributed by atoms with van der Waals surface area (Å²) in [5, 5.41) is 0. The Hall–Kier alpha value is -1.03. The van der Waals surface area contributed by atoms with E-state index in [1.54, 1.807) is 23.9 Å². The maximum atomic E-state index is 13.7. The lowest BCUT2D eigenvalue weighted by molar-refractivity contribution is -0.139. The van der Waals surface area contributed by atoms with E-state index in [4.69, 9.17) is 0 Å². The molecule has 4 heteroatoms. The lowest BCUT2D eigenvalue weighted by Gasteiger charge is -2.43. The normalized spacial score (nSPS) is 24.6. The fourth-order valence-corrected chi connectivity index (χ4v) is 3.38.